The second kappa shape index (κ2) is 9.05. The van der Waals surface area contributed by atoms with Gasteiger partial charge in [0, 0.05) is 35.5 Å². The SMILES string of the molecule is CN(C1CC(C(=O)Nc2nc3ccc(-c4cnc(CO[C@H]5CCC[C@@H]5O)nc4)cc3s2)C1)C12CC(C)(C1)C2. The number of anilines is 1. The zero-order chi connectivity index (χ0) is 26.1. The maximum atomic E-state index is 12.9. The molecule has 5 saturated carbocycles. The Morgan fingerprint density at radius 3 is 2.63 bits per heavy atom. The van der Waals surface area contributed by atoms with Gasteiger partial charge in [-0.1, -0.05) is 24.3 Å². The van der Waals surface area contributed by atoms with Crippen LogP contribution in [0.25, 0.3) is 21.3 Å². The Labute approximate surface area is 226 Å². The Morgan fingerprint density at radius 2 is 1.95 bits per heavy atom. The second-order valence-corrected chi connectivity index (χ2v) is 13.5. The van der Waals surface area contributed by atoms with Crippen molar-refractivity contribution in [2.45, 2.75) is 88.7 Å². The third-order valence-corrected chi connectivity index (χ3v) is 10.5. The molecule has 8 rings (SSSR count). The minimum absolute atomic E-state index is 0.0736. The Hall–Kier alpha value is -2.46. The number of aliphatic hydroxyl groups is 1. The van der Waals surface area contributed by atoms with Crippen LogP contribution in [0.4, 0.5) is 5.13 Å². The number of thiazole rings is 1. The van der Waals surface area contributed by atoms with Crippen molar-refractivity contribution < 1.29 is 14.6 Å². The van der Waals surface area contributed by atoms with Gasteiger partial charge < -0.3 is 15.2 Å². The van der Waals surface area contributed by atoms with Crippen molar-refractivity contribution in [3.8, 4) is 11.1 Å². The minimum atomic E-state index is -0.381. The number of nitrogens with zero attached hydrogens (tertiary/aromatic N) is 4. The zero-order valence-corrected chi connectivity index (χ0v) is 22.8. The van der Waals surface area contributed by atoms with E-state index in [0.717, 1.165) is 53.4 Å². The summed E-state index contributed by atoms with van der Waals surface area (Å²) < 4.78 is 6.81. The lowest BCUT2D eigenvalue weighted by Crippen LogP contribution is -2.75. The van der Waals surface area contributed by atoms with Gasteiger partial charge in [-0.25, -0.2) is 15.0 Å². The van der Waals surface area contributed by atoms with Gasteiger partial charge >= 0.3 is 0 Å². The van der Waals surface area contributed by atoms with Crippen LogP contribution in [0.1, 0.15) is 64.1 Å². The number of carbonyl (C=O) groups excluding carboxylic acids is 1. The van der Waals surface area contributed by atoms with Crippen molar-refractivity contribution in [3.05, 3.63) is 36.4 Å². The van der Waals surface area contributed by atoms with Crippen LogP contribution >= 0.6 is 11.3 Å². The van der Waals surface area contributed by atoms with Gasteiger partial charge in [0.05, 0.1) is 22.4 Å². The third kappa shape index (κ3) is 4.24. The van der Waals surface area contributed by atoms with E-state index in [1.54, 1.807) is 12.4 Å². The van der Waals surface area contributed by atoms with E-state index in [9.17, 15) is 9.90 Å². The molecule has 38 heavy (non-hydrogen) atoms. The second-order valence-electron chi connectivity index (χ2n) is 12.4. The van der Waals surface area contributed by atoms with Crippen molar-refractivity contribution in [2.24, 2.45) is 11.3 Å². The molecule has 3 aromatic rings. The average Bonchev–Trinajstić information content (AvgIpc) is 3.43. The number of hydrogen-bond donors (Lipinski definition) is 2. The molecule has 0 aliphatic heterocycles. The van der Waals surface area contributed by atoms with Crippen LogP contribution in [0, 0.1) is 11.3 Å². The highest BCUT2D eigenvalue weighted by Crippen LogP contribution is 2.70. The van der Waals surface area contributed by atoms with Crippen LogP contribution in [0.5, 0.6) is 0 Å². The first-order valence-corrected chi connectivity index (χ1v) is 14.7. The molecule has 1 aromatic carbocycles. The average molecular weight is 534 g/mol. The molecular weight excluding hydrogens is 498 g/mol. The molecule has 2 bridgehead atoms. The summed E-state index contributed by atoms with van der Waals surface area (Å²) >= 11 is 1.50. The molecule has 9 heteroatoms. The summed E-state index contributed by atoms with van der Waals surface area (Å²) in [5.74, 6) is 0.777. The Bertz CT molecular complexity index is 1350. The molecule has 2 heterocycles. The maximum absolute atomic E-state index is 12.9. The highest BCUT2D eigenvalue weighted by molar-refractivity contribution is 7.22. The standard InChI is InChI=1S/C29H35N5O3S/c1-28-14-29(15-28,16-28)34(2)20-8-18(9-20)26(36)33-27-32-21-7-6-17(10-24(21)38-27)19-11-30-25(31-12-19)13-37-23-5-3-4-22(23)35/h6-7,10-12,18,20,22-23,35H,3-5,8-9,13-16H2,1-2H3,(H,32,33,36)/t18?,20?,22-,23-,28?,29?/m0/s1. The number of ether oxygens (including phenoxy) is 1. The molecule has 2 atom stereocenters. The quantitative estimate of drug-likeness (QED) is 0.430. The largest absolute Gasteiger partial charge is 0.390 e. The smallest absolute Gasteiger partial charge is 0.229 e. The number of carbonyl (C=O) groups is 1. The summed E-state index contributed by atoms with van der Waals surface area (Å²) in [5, 5.41) is 13.7. The first kappa shape index (κ1) is 24.6. The van der Waals surface area contributed by atoms with Crippen LogP contribution in [0.2, 0.25) is 0 Å². The molecule has 0 unspecified atom stereocenters. The molecule has 2 N–H and O–H groups in total. The fourth-order valence-electron chi connectivity index (χ4n) is 7.33. The van der Waals surface area contributed by atoms with Crippen LogP contribution < -0.4 is 5.32 Å². The fourth-order valence-corrected chi connectivity index (χ4v) is 8.24. The minimum Gasteiger partial charge on any atom is -0.390 e. The van der Waals surface area contributed by atoms with E-state index in [0.29, 0.717) is 34.6 Å². The van der Waals surface area contributed by atoms with Crippen LogP contribution in [0.15, 0.2) is 30.6 Å². The summed E-state index contributed by atoms with van der Waals surface area (Å²) in [4.78, 5) is 29.0. The lowest BCUT2D eigenvalue weighted by molar-refractivity contribution is -0.222. The summed E-state index contributed by atoms with van der Waals surface area (Å²) in [5.41, 5.74) is 3.83. The highest BCUT2D eigenvalue weighted by atomic mass is 32.1. The lowest BCUT2D eigenvalue weighted by atomic mass is 9.39. The molecule has 0 radical (unpaired) electrons. The fraction of sp³-hybridized carbons (Fsp3) is 0.586. The Kier molecular flexibility index (Phi) is 5.85. The van der Waals surface area contributed by atoms with Crippen molar-refractivity contribution in [3.63, 3.8) is 0 Å². The number of rotatable bonds is 8. The van der Waals surface area contributed by atoms with Gasteiger partial charge in [0.25, 0.3) is 0 Å². The Balaban J connectivity index is 0.947. The van der Waals surface area contributed by atoms with Gasteiger partial charge in [-0.2, -0.15) is 0 Å². The number of nitrogens with one attached hydrogen (secondary N) is 1. The monoisotopic (exact) mass is 533 g/mol. The first-order chi connectivity index (χ1) is 18.3. The molecule has 0 saturated heterocycles. The van der Waals surface area contributed by atoms with Crippen LogP contribution in [0.3, 0.4) is 0 Å². The first-order valence-electron chi connectivity index (χ1n) is 13.8. The summed E-state index contributed by atoms with van der Waals surface area (Å²) in [6.45, 7) is 2.70. The number of amides is 1. The highest BCUT2D eigenvalue weighted by Gasteiger charge is 2.68. The molecule has 200 valence electrons. The van der Waals surface area contributed by atoms with Gasteiger partial charge in [0.2, 0.25) is 5.91 Å². The number of fused-ring (bicyclic) bond motifs is 1. The van der Waals surface area contributed by atoms with E-state index < -0.39 is 0 Å². The van der Waals surface area contributed by atoms with Gasteiger partial charge in [-0.3, -0.25) is 9.69 Å². The van der Waals surface area contributed by atoms with Gasteiger partial charge in [0.1, 0.15) is 6.61 Å². The molecule has 2 aromatic heterocycles. The molecule has 5 fully saturated rings. The number of aliphatic hydroxyl groups excluding tert-OH is 1. The van der Waals surface area contributed by atoms with Crippen molar-refractivity contribution >= 4 is 32.6 Å². The Morgan fingerprint density at radius 1 is 1.18 bits per heavy atom. The molecule has 5 aliphatic carbocycles. The van der Waals surface area contributed by atoms with Gasteiger partial charge in [0.15, 0.2) is 11.0 Å². The van der Waals surface area contributed by atoms with E-state index in [4.69, 9.17) is 4.74 Å². The molecular formula is C29H35N5O3S. The lowest BCUT2D eigenvalue weighted by Gasteiger charge is -2.74. The number of aromatic nitrogens is 3. The van der Waals surface area contributed by atoms with Crippen LogP contribution in [-0.4, -0.2) is 61.7 Å². The number of hydrogen-bond acceptors (Lipinski definition) is 8. The topological polar surface area (TPSA) is 100 Å². The van der Waals surface area contributed by atoms with Crippen molar-refractivity contribution in [1.29, 1.82) is 0 Å². The third-order valence-electron chi connectivity index (χ3n) is 9.55. The predicted octanol–water partition coefficient (Wildman–Crippen LogP) is 4.77. The summed E-state index contributed by atoms with van der Waals surface area (Å²) in [6, 6.07) is 6.59. The van der Waals surface area contributed by atoms with E-state index in [-0.39, 0.29) is 24.0 Å². The number of benzene rings is 1. The van der Waals surface area contributed by atoms with E-state index >= 15 is 0 Å². The van der Waals surface area contributed by atoms with E-state index in [1.165, 1.54) is 30.6 Å². The van der Waals surface area contributed by atoms with E-state index in [1.807, 2.05) is 12.1 Å². The molecule has 0 spiro atoms. The molecule has 5 aliphatic rings. The zero-order valence-electron chi connectivity index (χ0n) is 22.0. The summed E-state index contributed by atoms with van der Waals surface area (Å²) in [6.07, 6.45) is 11.7. The normalized spacial score (nSPS) is 33.6. The van der Waals surface area contributed by atoms with Gasteiger partial charge in [-0.05, 0) is 81.5 Å². The molecule has 8 nitrogen and oxygen atoms in total. The van der Waals surface area contributed by atoms with Gasteiger partial charge in [-0.15, -0.1) is 0 Å². The summed E-state index contributed by atoms with van der Waals surface area (Å²) in [7, 11) is 2.26. The van der Waals surface area contributed by atoms with Crippen molar-refractivity contribution in [2.75, 3.05) is 12.4 Å². The van der Waals surface area contributed by atoms with E-state index in [2.05, 4.69) is 45.2 Å². The van der Waals surface area contributed by atoms with Crippen molar-refractivity contribution in [1.82, 2.24) is 19.9 Å². The molecule has 1 amide bonds. The maximum Gasteiger partial charge on any atom is 0.229 e. The van der Waals surface area contributed by atoms with Crippen LogP contribution in [-0.2, 0) is 16.1 Å². The predicted molar refractivity (Wildman–Crippen MR) is 147 cm³/mol.